The van der Waals surface area contributed by atoms with Gasteiger partial charge in [-0.15, -0.1) is 0 Å². The van der Waals surface area contributed by atoms with Gasteiger partial charge in [0, 0.05) is 58.8 Å². The lowest BCUT2D eigenvalue weighted by atomic mass is 9.73. The van der Waals surface area contributed by atoms with E-state index in [-0.39, 0.29) is 0 Å². The van der Waals surface area contributed by atoms with Crippen molar-refractivity contribution >= 4 is 5.96 Å². The highest BCUT2D eigenvalue weighted by molar-refractivity contribution is 5.79. The number of morpholine rings is 1. The minimum atomic E-state index is 0.375. The van der Waals surface area contributed by atoms with E-state index < -0.39 is 0 Å². The summed E-state index contributed by atoms with van der Waals surface area (Å²) in [5.74, 6) is 1.71. The monoisotopic (exact) mass is 423 g/mol. The van der Waals surface area contributed by atoms with Crippen LogP contribution >= 0.6 is 0 Å². The molecule has 0 bridgehead atoms. The van der Waals surface area contributed by atoms with Gasteiger partial charge in [0.15, 0.2) is 5.96 Å². The van der Waals surface area contributed by atoms with Gasteiger partial charge < -0.3 is 25.0 Å². The number of ether oxygens (including phenoxy) is 2. The first-order valence-corrected chi connectivity index (χ1v) is 12.2. The number of likely N-dealkylation sites (tertiary alicyclic amines) is 1. The Kier molecular flexibility index (Phi) is 10.2. The second kappa shape index (κ2) is 12.8. The van der Waals surface area contributed by atoms with Crippen molar-refractivity contribution in [2.24, 2.45) is 16.3 Å². The van der Waals surface area contributed by atoms with Crippen molar-refractivity contribution in [3.05, 3.63) is 0 Å². The Balaban J connectivity index is 1.41. The molecule has 2 saturated heterocycles. The van der Waals surface area contributed by atoms with Crippen LogP contribution in [-0.2, 0) is 9.47 Å². The standard InChI is InChI=1S/C23H45N5O2/c1-24-22(25-18-21-6-10-27(11-7-21)12-15-29-2)26-19-23(8-4-3-5-9-23)20-28-13-16-30-17-14-28/h21H,3-20H2,1-2H3,(H2,24,25,26). The Morgan fingerprint density at radius 1 is 1.03 bits per heavy atom. The van der Waals surface area contributed by atoms with Gasteiger partial charge in [0.1, 0.15) is 0 Å². The summed E-state index contributed by atoms with van der Waals surface area (Å²) >= 11 is 0. The van der Waals surface area contributed by atoms with Crippen LogP contribution in [-0.4, -0.2) is 102 Å². The fraction of sp³-hybridized carbons (Fsp3) is 0.957. The van der Waals surface area contributed by atoms with Gasteiger partial charge in [-0.3, -0.25) is 9.89 Å². The number of methoxy groups -OCH3 is 1. The van der Waals surface area contributed by atoms with Crippen LogP contribution in [0.1, 0.15) is 44.9 Å². The molecule has 0 aromatic carbocycles. The summed E-state index contributed by atoms with van der Waals surface area (Å²) in [7, 11) is 3.69. The zero-order valence-electron chi connectivity index (χ0n) is 19.5. The Labute approximate surface area is 183 Å². The van der Waals surface area contributed by atoms with Crippen LogP contribution < -0.4 is 10.6 Å². The van der Waals surface area contributed by atoms with Crippen LogP contribution in [0.4, 0.5) is 0 Å². The SMILES string of the molecule is CN=C(NCC1CCN(CCOC)CC1)NCC1(CN2CCOCC2)CCCCC1. The van der Waals surface area contributed by atoms with Crippen LogP contribution in [0.3, 0.4) is 0 Å². The van der Waals surface area contributed by atoms with Crippen molar-refractivity contribution in [3.8, 4) is 0 Å². The molecule has 3 fully saturated rings. The van der Waals surface area contributed by atoms with E-state index in [0.717, 1.165) is 64.4 Å². The first-order chi connectivity index (χ1) is 14.7. The molecular weight excluding hydrogens is 378 g/mol. The van der Waals surface area contributed by atoms with Crippen LogP contribution in [0.25, 0.3) is 0 Å². The minimum absolute atomic E-state index is 0.375. The smallest absolute Gasteiger partial charge is 0.191 e. The number of piperidine rings is 1. The lowest BCUT2D eigenvalue weighted by molar-refractivity contribution is 0.00820. The summed E-state index contributed by atoms with van der Waals surface area (Å²) in [5.41, 5.74) is 0.375. The Morgan fingerprint density at radius 3 is 2.43 bits per heavy atom. The maximum Gasteiger partial charge on any atom is 0.191 e. The molecule has 1 saturated carbocycles. The molecule has 2 heterocycles. The lowest BCUT2D eigenvalue weighted by Crippen LogP contribution is -2.51. The summed E-state index contributed by atoms with van der Waals surface area (Å²) in [6.45, 7) is 11.4. The molecule has 0 aromatic rings. The lowest BCUT2D eigenvalue weighted by Gasteiger charge is -2.42. The van der Waals surface area contributed by atoms with E-state index >= 15 is 0 Å². The molecule has 174 valence electrons. The molecule has 0 spiro atoms. The molecule has 0 aromatic heterocycles. The van der Waals surface area contributed by atoms with Gasteiger partial charge in [-0.25, -0.2) is 0 Å². The topological polar surface area (TPSA) is 61.4 Å². The first kappa shape index (κ1) is 23.8. The van der Waals surface area contributed by atoms with Crippen molar-refractivity contribution < 1.29 is 9.47 Å². The molecule has 0 radical (unpaired) electrons. The molecule has 3 aliphatic rings. The summed E-state index contributed by atoms with van der Waals surface area (Å²) in [4.78, 5) is 9.66. The van der Waals surface area contributed by atoms with Gasteiger partial charge in [-0.2, -0.15) is 0 Å². The maximum atomic E-state index is 5.56. The zero-order chi connectivity index (χ0) is 21.1. The number of nitrogens with one attached hydrogen (secondary N) is 2. The molecule has 0 amide bonds. The van der Waals surface area contributed by atoms with Crippen molar-refractivity contribution in [2.45, 2.75) is 44.9 Å². The van der Waals surface area contributed by atoms with Crippen molar-refractivity contribution in [3.63, 3.8) is 0 Å². The van der Waals surface area contributed by atoms with Gasteiger partial charge in [0.25, 0.3) is 0 Å². The zero-order valence-corrected chi connectivity index (χ0v) is 19.5. The molecule has 0 atom stereocenters. The Hall–Kier alpha value is -0.890. The number of hydrogen-bond acceptors (Lipinski definition) is 5. The predicted octanol–water partition coefficient (Wildman–Crippen LogP) is 1.79. The quantitative estimate of drug-likeness (QED) is 0.436. The summed E-state index contributed by atoms with van der Waals surface area (Å²) in [6.07, 6.45) is 9.28. The molecule has 1 aliphatic carbocycles. The van der Waals surface area contributed by atoms with E-state index in [0.29, 0.717) is 5.41 Å². The summed E-state index contributed by atoms with van der Waals surface area (Å²) in [5, 5.41) is 7.32. The average molecular weight is 424 g/mol. The molecule has 30 heavy (non-hydrogen) atoms. The van der Waals surface area contributed by atoms with Gasteiger partial charge in [-0.1, -0.05) is 19.3 Å². The van der Waals surface area contributed by atoms with Gasteiger partial charge in [0.05, 0.1) is 19.8 Å². The average Bonchev–Trinajstić information content (AvgIpc) is 2.80. The van der Waals surface area contributed by atoms with Crippen molar-refractivity contribution in [1.29, 1.82) is 0 Å². The highest BCUT2D eigenvalue weighted by Crippen LogP contribution is 2.36. The van der Waals surface area contributed by atoms with Crippen LogP contribution in [0.2, 0.25) is 0 Å². The predicted molar refractivity (Wildman–Crippen MR) is 123 cm³/mol. The third kappa shape index (κ3) is 7.66. The van der Waals surface area contributed by atoms with E-state index in [1.165, 1.54) is 64.6 Å². The van der Waals surface area contributed by atoms with Crippen LogP contribution in [0.15, 0.2) is 4.99 Å². The number of hydrogen-bond donors (Lipinski definition) is 2. The van der Waals surface area contributed by atoms with E-state index in [1.807, 2.05) is 7.05 Å². The van der Waals surface area contributed by atoms with E-state index in [2.05, 4.69) is 25.4 Å². The molecule has 2 aliphatic heterocycles. The van der Waals surface area contributed by atoms with E-state index in [4.69, 9.17) is 9.47 Å². The highest BCUT2D eigenvalue weighted by Gasteiger charge is 2.34. The minimum Gasteiger partial charge on any atom is -0.383 e. The van der Waals surface area contributed by atoms with E-state index in [9.17, 15) is 0 Å². The van der Waals surface area contributed by atoms with Gasteiger partial charge >= 0.3 is 0 Å². The molecule has 0 unspecified atom stereocenters. The highest BCUT2D eigenvalue weighted by atomic mass is 16.5. The normalized spacial score (nSPS) is 24.7. The number of aliphatic imine (C=N–C) groups is 1. The van der Waals surface area contributed by atoms with Crippen LogP contribution in [0.5, 0.6) is 0 Å². The summed E-state index contributed by atoms with van der Waals surface area (Å²) < 4.78 is 10.8. The number of guanidine groups is 1. The molecule has 7 nitrogen and oxygen atoms in total. The second-order valence-corrected chi connectivity index (χ2v) is 9.53. The third-order valence-electron chi connectivity index (χ3n) is 7.31. The largest absolute Gasteiger partial charge is 0.383 e. The molecule has 7 heteroatoms. The molecule has 3 rings (SSSR count). The third-order valence-corrected chi connectivity index (χ3v) is 7.31. The van der Waals surface area contributed by atoms with Gasteiger partial charge in [0.2, 0.25) is 0 Å². The maximum absolute atomic E-state index is 5.56. The number of rotatable bonds is 9. The van der Waals surface area contributed by atoms with Crippen molar-refractivity contribution in [2.75, 3.05) is 86.3 Å². The fourth-order valence-electron chi connectivity index (χ4n) is 5.29. The van der Waals surface area contributed by atoms with Crippen molar-refractivity contribution in [1.82, 2.24) is 20.4 Å². The molecule has 2 N–H and O–H groups in total. The summed E-state index contributed by atoms with van der Waals surface area (Å²) in [6, 6.07) is 0. The fourth-order valence-corrected chi connectivity index (χ4v) is 5.29. The number of nitrogens with zero attached hydrogens (tertiary/aromatic N) is 3. The van der Waals surface area contributed by atoms with E-state index in [1.54, 1.807) is 7.11 Å². The second-order valence-electron chi connectivity index (χ2n) is 9.53. The molecular formula is C23H45N5O2. The van der Waals surface area contributed by atoms with Gasteiger partial charge in [-0.05, 0) is 44.7 Å². The Morgan fingerprint density at radius 2 is 1.77 bits per heavy atom. The van der Waals surface area contributed by atoms with Crippen LogP contribution in [0, 0.1) is 11.3 Å². The Bertz CT molecular complexity index is 496. The first-order valence-electron chi connectivity index (χ1n) is 12.2.